The molecule has 11 nitrogen and oxygen atoms in total. The molecular formula is C32H35ClN4O7S2. The number of benzene rings is 3. The van der Waals surface area contributed by atoms with E-state index in [1.165, 1.54) is 12.1 Å². The molecule has 4 atom stereocenters. The monoisotopic (exact) mass is 686 g/mol. The van der Waals surface area contributed by atoms with Gasteiger partial charge in [-0.1, -0.05) is 66.9 Å². The number of rotatable bonds is 9. The van der Waals surface area contributed by atoms with Crippen LogP contribution in [0.15, 0.2) is 72.8 Å². The molecule has 0 aromatic heterocycles. The molecule has 1 aliphatic heterocycles. The minimum Gasteiger partial charge on any atom is -0.351 e. The summed E-state index contributed by atoms with van der Waals surface area (Å²) in [6.45, 7) is 0.0917. The Hall–Kier alpha value is -3.78. The molecule has 1 fully saturated rings. The Balaban J connectivity index is 1.51. The molecule has 2 aliphatic rings. The molecular weight excluding hydrogens is 652 g/mol. The van der Waals surface area contributed by atoms with Crippen molar-refractivity contribution in [3.05, 3.63) is 106 Å². The summed E-state index contributed by atoms with van der Waals surface area (Å²) in [6.07, 6.45) is 4.68. The largest absolute Gasteiger partial charge is 0.351 e. The molecule has 3 aromatic carbocycles. The zero-order valence-corrected chi connectivity index (χ0v) is 27.7. The van der Waals surface area contributed by atoms with E-state index in [0.717, 1.165) is 25.4 Å². The Labute approximate surface area is 273 Å². The van der Waals surface area contributed by atoms with Crippen LogP contribution < -0.4 is 14.8 Å². The van der Waals surface area contributed by atoms with Crippen molar-refractivity contribution in [2.24, 2.45) is 0 Å². The van der Waals surface area contributed by atoms with E-state index in [4.69, 9.17) is 11.6 Å². The lowest BCUT2D eigenvalue weighted by atomic mass is 9.76. The highest BCUT2D eigenvalue weighted by atomic mass is 35.5. The Kier molecular flexibility index (Phi) is 9.87. The molecule has 0 saturated heterocycles. The van der Waals surface area contributed by atoms with Crippen molar-refractivity contribution in [2.45, 2.75) is 56.3 Å². The van der Waals surface area contributed by atoms with Gasteiger partial charge in [-0.2, -0.15) is 0 Å². The van der Waals surface area contributed by atoms with E-state index in [1.54, 1.807) is 65.6 Å². The van der Waals surface area contributed by atoms with Crippen molar-refractivity contribution in [1.29, 1.82) is 0 Å². The van der Waals surface area contributed by atoms with Crippen LogP contribution in [0.3, 0.4) is 0 Å². The third kappa shape index (κ3) is 7.77. The lowest BCUT2D eigenvalue weighted by molar-refractivity contribution is -0.124. The molecule has 14 heteroatoms. The second kappa shape index (κ2) is 13.5. The summed E-state index contributed by atoms with van der Waals surface area (Å²) in [5, 5.41) is 3.47. The Morgan fingerprint density at radius 1 is 0.870 bits per heavy atom. The van der Waals surface area contributed by atoms with Crippen molar-refractivity contribution in [1.82, 2.24) is 19.7 Å². The molecule has 0 bridgehead atoms. The van der Waals surface area contributed by atoms with Crippen molar-refractivity contribution >= 4 is 49.4 Å². The highest BCUT2D eigenvalue weighted by molar-refractivity contribution is 7.89. The number of nitrogens with zero attached hydrogens (tertiary/aromatic N) is 1. The number of sulfonamides is 2. The average molecular weight is 687 g/mol. The topological polar surface area (TPSA) is 159 Å². The van der Waals surface area contributed by atoms with Crippen molar-refractivity contribution in [3.63, 3.8) is 0 Å². The highest BCUT2D eigenvalue weighted by Crippen LogP contribution is 2.46. The van der Waals surface area contributed by atoms with Crippen LogP contribution in [0.1, 0.15) is 75.0 Å². The maximum absolute atomic E-state index is 14.3. The molecule has 1 saturated carbocycles. The molecule has 3 aromatic rings. The summed E-state index contributed by atoms with van der Waals surface area (Å²) in [7, 11) is -7.31. The maximum atomic E-state index is 14.3. The van der Waals surface area contributed by atoms with Crippen molar-refractivity contribution in [3.8, 4) is 0 Å². The lowest BCUT2D eigenvalue weighted by Gasteiger charge is -2.49. The number of hydrogen-bond acceptors (Lipinski definition) is 7. The van der Waals surface area contributed by atoms with Crippen molar-refractivity contribution in [2.75, 3.05) is 12.5 Å². The van der Waals surface area contributed by atoms with E-state index < -0.39 is 50.0 Å². The van der Waals surface area contributed by atoms with E-state index in [2.05, 4.69) is 10.0 Å². The van der Waals surface area contributed by atoms with Crippen LogP contribution >= 0.6 is 11.6 Å². The molecule has 3 N–H and O–H groups in total. The van der Waals surface area contributed by atoms with Crippen LogP contribution in [0.5, 0.6) is 0 Å². The molecule has 244 valence electrons. The van der Waals surface area contributed by atoms with Crippen LogP contribution in [0.2, 0.25) is 5.02 Å². The minimum atomic E-state index is -3.73. The SMILES string of the molecule is CS(=O)(=O)NC(=O)c1ccc(CNC(=O)[C@@H]2c3ccccc3C(=O)N([C@H]3CCCC[C@@H]3NS(C)(=O)=O)[C@H]2c2ccc(Cl)cc2)cc1. The summed E-state index contributed by atoms with van der Waals surface area (Å²) in [4.78, 5) is 42.5. The first-order valence-corrected chi connectivity index (χ1v) is 18.9. The fourth-order valence-electron chi connectivity index (χ4n) is 6.37. The Bertz CT molecular complexity index is 1850. The van der Waals surface area contributed by atoms with Crippen LogP contribution in [0.25, 0.3) is 0 Å². The number of amides is 3. The smallest absolute Gasteiger partial charge is 0.264 e. The van der Waals surface area contributed by atoms with Gasteiger partial charge in [0.2, 0.25) is 26.0 Å². The van der Waals surface area contributed by atoms with Crippen LogP contribution in [0, 0.1) is 0 Å². The minimum absolute atomic E-state index is 0.0917. The molecule has 1 heterocycles. The quantitative estimate of drug-likeness (QED) is 0.311. The summed E-state index contributed by atoms with van der Waals surface area (Å²) in [5.74, 6) is -2.25. The number of carbonyl (C=O) groups excluding carboxylic acids is 3. The molecule has 0 spiro atoms. The van der Waals surface area contributed by atoms with Gasteiger partial charge < -0.3 is 10.2 Å². The normalized spacial score (nSPS) is 21.7. The van der Waals surface area contributed by atoms with Crippen LogP contribution in [0.4, 0.5) is 0 Å². The van der Waals surface area contributed by atoms with Gasteiger partial charge in [0, 0.05) is 34.8 Å². The lowest BCUT2D eigenvalue weighted by Crippen LogP contribution is -2.59. The first kappa shape index (κ1) is 33.6. The second-order valence-corrected chi connectivity index (χ2v) is 15.7. The van der Waals surface area contributed by atoms with Gasteiger partial charge in [0.1, 0.15) is 0 Å². The van der Waals surface area contributed by atoms with Gasteiger partial charge in [0.15, 0.2) is 0 Å². The number of nitrogens with one attached hydrogen (secondary N) is 3. The predicted octanol–water partition coefficient (Wildman–Crippen LogP) is 3.49. The van der Waals surface area contributed by atoms with E-state index in [-0.39, 0.29) is 23.9 Å². The van der Waals surface area contributed by atoms with Gasteiger partial charge in [-0.15, -0.1) is 0 Å². The van der Waals surface area contributed by atoms with Gasteiger partial charge in [0.25, 0.3) is 11.8 Å². The second-order valence-electron chi connectivity index (χ2n) is 11.7. The van der Waals surface area contributed by atoms with E-state index in [9.17, 15) is 31.2 Å². The average Bonchev–Trinajstić information content (AvgIpc) is 2.99. The van der Waals surface area contributed by atoms with Crippen LogP contribution in [-0.4, -0.2) is 64.1 Å². The number of fused-ring (bicyclic) bond motifs is 1. The molecule has 3 amide bonds. The summed E-state index contributed by atoms with van der Waals surface area (Å²) < 4.78 is 52.2. The van der Waals surface area contributed by atoms with Gasteiger partial charge >= 0.3 is 0 Å². The predicted molar refractivity (Wildman–Crippen MR) is 174 cm³/mol. The first-order chi connectivity index (χ1) is 21.7. The van der Waals surface area contributed by atoms with E-state index in [1.807, 2.05) is 4.72 Å². The molecule has 0 radical (unpaired) electrons. The zero-order chi connectivity index (χ0) is 33.2. The number of halogens is 1. The van der Waals surface area contributed by atoms with Gasteiger partial charge in [-0.05, 0) is 59.9 Å². The summed E-state index contributed by atoms with van der Waals surface area (Å²) in [6, 6.07) is 18.3. The number of carbonyl (C=O) groups is 3. The van der Waals surface area contributed by atoms with E-state index in [0.29, 0.717) is 40.1 Å². The highest BCUT2D eigenvalue weighted by Gasteiger charge is 2.48. The number of hydrogen-bond donors (Lipinski definition) is 3. The summed E-state index contributed by atoms with van der Waals surface area (Å²) >= 11 is 6.23. The molecule has 0 unspecified atom stereocenters. The Morgan fingerprint density at radius 3 is 2.17 bits per heavy atom. The van der Waals surface area contributed by atoms with Crippen LogP contribution in [-0.2, 0) is 31.4 Å². The third-order valence-corrected chi connectivity index (χ3v) is 9.82. The van der Waals surface area contributed by atoms with Gasteiger partial charge in [0.05, 0.1) is 24.5 Å². The van der Waals surface area contributed by atoms with Gasteiger partial charge in [-0.25, -0.2) is 26.3 Å². The van der Waals surface area contributed by atoms with Crippen molar-refractivity contribution < 1.29 is 31.2 Å². The maximum Gasteiger partial charge on any atom is 0.264 e. The van der Waals surface area contributed by atoms with E-state index >= 15 is 0 Å². The zero-order valence-electron chi connectivity index (χ0n) is 25.3. The fourth-order valence-corrected chi connectivity index (χ4v) is 7.78. The first-order valence-electron chi connectivity index (χ1n) is 14.7. The fraction of sp³-hybridized carbons (Fsp3) is 0.344. The summed E-state index contributed by atoms with van der Waals surface area (Å²) in [5.41, 5.74) is 2.41. The molecule has 46 heavy (non-hydrogen) atoms. The third-order valence-electron chi connectivity index (χ3n) is 8.28. The molecule has 5 rings (SSSR count). The standard InChI is InChI=1S/C32H35ClN4O7S2/c1-45(41,42)35-26-9-5-6-10-27(26)37-29(21-15-17-23(33)18-16-21)28(24-7-3-4-8-25(24)32(37)40)31(39)34-19-20-11-13-22(14-12-20)30(38)36-46(2,43)44/h3-4,7-8,11-18,26-29,35H,5-6,9-10,19H2,1-2H3,(H,34,39)(H,36,38)/t26-,27-,28+,29-/m0/s1. The molecule has 1 aliphatic carbocycles. The van der Waals surface area contributed by atoms with Gasteiger partial charge in [-0.3, -0.25) is 14.4 Å². The Morgan fingerprint density at radius 2 is 1.52 bits per heavy atom.